The Morgan fingerprint density at radius 2 is 0.759 bits per heavy atom. The number of hydrogen-bond donors (Lipinski definition) is 6. The highest BCUT2D eigenvalue weighted by Gasteiger charge is 2.44. The van der Waals surface area contributed by atoms with Gasteiger partial charge in [0.2, 0.25) is 5.91 Å². The second kappa shape index (κ2) is 61.4. The Morgan fingerprint density at radius 1 is 0.422 bits per heavy atom. The van der Waals surface area contributed by atoms with E-state index in [1.54, 1.807) is 6.08 Å². The minimum absolute atomic E-state index is 0.199. The first-order chi connectivity index (χ1) is 40.8. The molecule has 0 bridgehead atoms. The van der Waals surface area contributed by atoms with Crippen LogP contribution in [-0.2, 0) is 14.3 Å². The van der Waals surface area contributed by atoms with Crippen molar-refractivity contribution in [1.82, 2.24) is 5.32 Å². The zero-order chi connectivity index (χ0) is 60.0. The summed E-state index contributed by atoms with van der Waals surface area (Å²) in [6, 6.07) is -0.842. The Bertz CT molecular complexity index is 1770. The van der Waals surface area contributed by atoms with Crippen molar-refractivity contribution >= 4 is 5.91 Å². The van der Waals surface area contributed by atoms with Crippen LogP contribution in [0, 0.1) is 0 Å². The quantitative estimate of drug-likeness (QED) is 0.0261. The third-order valence-corrected chi connectivity index (χ3v) is 15.2. The maximum absolute atomic E-state index is 13.1. The van der Waals surface area contributed by atoms with Crippen molar-refractivity contribution in [3.63, 3.8) is 0 Å². The molecule has 0 spiro atoms. The zero-order valence-electron chi connectivity index (χ0n) is 52.9. The number of rotatable bonds is 57. The maximum Gasteiger partial charge on any atom is 0.220 e. The van der Waals surface area contributed by atoms with Crippen LogP contribution in [0.1, 0.15) is 271 Å². The predicted octanol–water partition coefficient (Wildman–Crippen LogP) is 18.4. The number of unbranched alkanes of at least 4 members (excludes halogenated alkanes) is 27. The highest BCUT2D eigenvalue weighted by molar-refractivity contribution is 5.76. The van der Waals surface area contributed by atoms with Crippen molar-refractivity contribution < 1.29 is 39.8 Å². The summed E-state index contributed by atoms with van der Waals surface area (Å²) in [6.07, 6.45) is 86.8. The van der Waals surface area contributed by atoms with E-state index in [1.165, 1.54) is 135 Å². The SMILES string of the molecule is CC/C=C\C/C=C\C/C=C\C/C=C\C/C=C\C/C=C\C/C=C\C/C=C\CCCCCCCCCCCCC(=O)NC(COC1OC(CO)C(O)C(O)C1O)C(O)/C=C/CC/C=C/CC/C=C/CCCCCCCCCCCCCCCCC. The molecule has 0 saturated carbocycles. The van der Waals surface area contributed by atoms with Crippen molar-refractivity contribution in [2.75, 3.05) is 13.2 Å². The Kier molecular flexibility index (Phi) is 57.2. The van der Waals surface area contributed by atoms with Crippen LogP contribution in [0.15, 0.2) is 134 Å². The van der Waals surface area contributed by atoms with E-state index >= 15 is 0 Å². The van der Waals surface area contributed by atoms with Crippen LogP contribution in [0.25, 0.3) is 0 Å². The highest BCUT2D eigenvalue weighted by Crippen LogP contribution is 2.23. The van der Waals surface area contributed by atoms with Crippen molar-refractivity contribution in [3.8, 4) is 0 Å². The van der Waals surface area contributed by atoms with Gasteiger partial charge in [-0.3, -0.25) is 4.79 Å². The summed E-state index contributed by atoms with van der Waals surface area (Å²) in [5, 5.41) is 54.7. The Morgan fingerprint density at radius 3 is 1.16 bits per heavy atom. The fourth-order valence-electron chi connectivity index (χ4n) is 9.91. The van der Waals surface area contributed by atoms with Gasteiger partial charge in [0.1, 0.15) is 24.4 Å². The van der Waals surface area contributed by atoms with E-state index in [9.17, 15) is 30.3 Å². The summed E-state index contributed by atoms with van der Waals surface area (Å²) in [5.74, 6) is -0.199. The normalized spacial score (nSPS) is 19.1. The first-order valence-electron chi connectivity index (χ1n) is 33.9. The lowest BCUT2D eigenvalue weighted by molar-refractivity contribution is -0.302. The molecule has 7 unspecified atom stereocenters. The van der Waals surface area contributed by atoms with Gasteiger partial charge in [0.25, 0.3) is 0 Å². The van der Waals surface area contributed by atoms with Gasteiger partial charge in [-0.1, -0.05) is 289 Å². The van der Waals surface area contributed by atoms with Gasteiger partial charge in [-0.05, 0) is 109 Å². The second-order valence-electron chi connectivity index (χ2n) is 22.9. The number of amides is 1. The van der Waals surface area contributed by atoms with Gasteiger partial charge >= 0.3 is 0 Å². The molecule has 6 N–H and O–H groups in total. The van der Waals surface area contributed by atoms with E-state index in [0.29, 0.717) is 6.42 Å². The zero-order valence-corrected chi connectivity index (χ0v) is 52.9. The average molecular weight is 1160 g/mol. The summed E-state index contributed by atoms with van der Waals surface area (Å²) in [4.78, 5) is 13.1. The Labute approximate surface area is 509 Å². The molecule has 1 aliphatic rings. The number of allylic oxidation sites excluding steroid dienone is 21. The number of carbonyl (C=O) groups is 1. The minimum atomic E-state index is -1.58. The summed E-state index contributed by atoms with van der Waals surface area (Å²) in [5.41, 5.74) is 0. The van der Waals surface area contributed by atoms with E-state index in [1.807, 2.05) is 6.08 Å². The van der Waals surface area contributed by atoms with Crippen molar-refractivity contribution in [1.29, 1.82) is 0 Å². The molecule has 1 fully saturated rings. The average Bonchev–Trinajstić information content (AvgIpc) is 3.60. The number of aliphatic hydroxyl groups excluding tert-OH is 5. The summed E-state index contributed by atoms with van der Waals surface area (Å²) < 4.78 is 11.3. The number of ether oxygens (including phenoxy) is 2. The standard InChI is InChI=1S/C74H125NO8/c1-3-5-7-9-11-13-15-17-19-21-23-25-27-29-30-31-32-33-34-35-36-37-38-40-42-44-46-48-50-52-54-56-58-60-62-64-70(78)75-67(66-82-74-73(81)72(80)71(79)69(65-76)83-74)68(77)63-61-59-57-55-53-51-49-47-45-43-41-39-28-26-24-22-20-18-16-14-12-10-8-6-4-2/h5,7,11,13,17,19,23,25,29-30,32-33,35-36,38,40,45,47,53,55,61,63,67-69,71-74,76-77,79-81H,3-4,6,8-10,12,14-16,18,20-22,24,26-28,31,34,37,39,41-44,46,48-52,54,56-60,62,64-66H2,1-2H3,(H,75,78)/b7-5-,13-11-,19-17-,25-23-,30-29-,33-32-,36-35-,40-38-,47-45+,55-53+,63-61+. The van der Waals surface area contributed by atoms with Gasteiger partial charge < -0.3 is 40.3 Å². The van der Waals surface area contributed by atoms with Crippen molar-refractivity contribution in [3.05, 3.63) is 134 Å². The molecule has 1 amide bonds. The smallest absolute Gasteiger partial charge is 0.220 e. The molecule has 0 aromatic heterocycles. The number of nitrogens with one attached hydrogen (secondary N) is 1. The van der Waals surface area contributed by atoms with Crippen molar-refractivity contribution in [2.24, 2.45) is 0 Å². The highest BCUT2D eigenvalue weighted by atomic mass is 16.7. The van der Waals surface area contributed by atoms with Crippen LogP contribution >= 0.6 is 0 Å². The third-order valence-electron chi connectivity index (χ3n) is 15.2. The molecule has 9 nitrogen and oxygen atoms in total. The molecule has 474 valence electrons. The van der Waals surface area contributed by atoms with Crippen LogP contribution in [0.4, 0.5) is 0 Å². The molecule has 9 heteroatoms. The van der Waals surface area contributed by atoms with E-state index in [2.05, 4.69) is 141 Å². The molecule has 7 atom stereocenters. The minimum Gasteiger partial charge on any atom is -0.394 e. The predicted molar refractivity (Wildman–Crippen MR) is 354 cm³/mol. The van der Waals surface area contributed by atoms with Gasteiger partial charge in [0.15, 0.2) is 6.29 Å². The fraction of sp³-hybridized carbons (Fsp3) is 0.689. The third kappa shape index (κ3) is 50.2. The Hall–Kier alpha value is -3.67. The lowest BCUT2D eigenvalue weighted by Crippen LogP contribution is -2.60. The van der Waals surface area contributed by atoms with Gasteiger partial charge in [-0.25, -0.2) is 0 Å². The first kappa shape index (κ1) is 77.3. The lowest BCUT2D eigenvalue weighted by Gasteiger charge is -2.40. The number of carbonyl (C=O) groups excluding carboxylic acids is 1. The first-order valence-corrected chi connectivity index (χ1v) is 33.9. The van der Waals surface area contributed by atoms with Crippen LogP contribution in [0.3, 0.4) is 0 Å². The molecule has 0 aliphatic carbocycles. The van der Waals surface area contributed by atoms with E-state index in [0.717, 1.165) is 116 Å². The van der Waals surface area contributed by atoms with Crippen molar-refractivity contribution in [2.45, 2.75) is 314 Å². The van der Waals surface area contributed by atoms with E-state index < -0.39 is 49.5 Å². The van der Waals surface area contributed by atoms with Gasteiger partial charge in [-0.2, -0.15) is 0 Å². The molecular weight excluding hydrogens is 1030 g/mol. The van der Waals surface area contributed by atoms with Gasteiger partial charge in [-0.15, -0.1) is 0 Å². The molecule has 1 saturated heterocycles. The van der Waals surface area contributed by atoms with Gasteiger partial charge in [0, 0.05) is 6.42 Å². The Balaban J connectivity index is 2.20. The topological polar surface area (TPSA) is 149 Å². The van der Waals surface area contributed by atoms with Crippen LogP contribution < -0.4 is 5.32 Å². The maximum atomic E-state index is 13.1. The van der Waals surface area contributed by atoms with E-state index in [4.69, 9.17) is 9.47 Å². The molecular formula is C74H125NO8. The monoisotopic (exact) mass is 1160 g/mol. The van der Waals surface area contributed by atoms with Crippen LogP contribution in [0.2, 0.25) is 0 Å². The van der Waals surface area contributed by atoms with E-state index in [-0.39, 0.29) is 12.5 Å². The van der Waals surface area contributed by atoms with Gasteiger partial charge in [0.05, 0.1) is 25.4 Å². The molecule has 0 aromatic rings. The summed E-state index contributed by atoms with van der Waals surface area (Å²) in [7, 11) is 0. The summed E-state index contributed by atoms with van der Waals surface area (Å²) in [6.45, 7) is 3.65. The molecule has 1 aliphatic heterocycles. The molecule has 83 heavy (non-hydrogen) atoms. The van der Waals surface area contributed by atoms with Crippen LogP contribution in [-0.4, -0.2) is 87.5 Å². The molecule has 1 heterocycles. The summed E-state index contributed by atoms with van der Waals surface area (Å²) >= 11 is 0. The lowest BCUT2D eigenvalue weighted by atomic mass is 9.99. The fourth-order valence-corrected chi connectivity index (χ4v) is 9.91. The molecule has 0 aromatic carbocycles. The van der Waals surface area contributed by atoms with Crippen LogP contribution in [0.5, 0.6) is 0 Å². The number of hydrogen-bond acceptors (Lipinski definition) is 8. The number of aliphatic hydroxyl groups is 5. The molecule has 0 radical (unpaired) electrons. The second-order valence-corrected chi connectivity index (χ2v) is 22.9. The largest absolute Gasteiger partial charge is 0.394 e. The molecule has 1 rings (SSSR count).